The summed E-state index contributed by atoms with van der Waals surface area (Å²) in [4.78, 5) is 2.31. The average Bonchev–Trinajstić information content (AvgIpc) is 3.05. The van der Waals surface area contributed by atoms with Crippen molar-refractivity contribution in [3.8, 4) is 11.5 Å². The van der Waals surface area contributed by atoms with E-state index in [1.807, 2.05) is 52.0 Å². The lowest BCUT2D eigenvalue weighted by molar-refractivity contribution is 0.482. The zero-order chi connectivity index (χ0) is 16.0. The second-order valence-corrected chi connectivity index (χ2v) is 7.66. The van der Waals surface area contributed by atoms with Crippen LogP contribution >= 0.6 is 22.7 Å². The highest BCUT2D eigenvalue weighted by Gasteiger charge is 2.15. The third-order valence-corrected chi connectivity index (χ3v) is 5.62. The van der Waals surface area contributed by atoms with E-state index < -0.39 is 0 Å². The van der Waals surface area contributed by atoms with Gasteiger partial charge in [0.15, 0.2) is 0 Å². The molecule has 2 N–H and O–H groups in total. The fraction of sp³-hybridized carbons (Fsp3) is 0.222. The Hall–Kier alpha value is -1.78. The first kappa shape index (κ1) is 15.1. The van der Waals surface area contributed by atoms with Crippen LogP contribution in [0, 0.1) is 13.8 Å². The standard InChI is InChI=1S/C16H12O2S2.C2H6/c1-7-3-11-13(19-7)5-9-10(15(11)17)6-14-12(16(9)18)4-8(2)20-14;1-2/h3-6,17-18H,1-2H3;1-2H3. The first-order chi connectivity index (χ1) is 10.5. The van der Waals surface area contributed by atoms with E-state index in [2.05, 4.69) is 0 Å². The van der Waals surface area contributed by atoms with Crippen molar-refractivity contribution in [3.63, 3.8) is 0 Å². The summed E-state index contributed by atoms with van der Waals surface area (Å²) in [5, 5.41) is 24.2. The first-order valence-electron chi connectivity index (χ1n) is 7.32. The van der Waals surface area contributed by atoms with Crippen molar-refractivity contribution in [2.24, 2.45) is 0 Å². The van der Waals surface area contributed by atoms with Gasteiger partial charge in [-0.2, -0.15) is 0 Å². The van der Waals surface area contributed by atoms with Gasteiger partial charge in [0, 0.05) is 40.7 Å². The summed E-state index contributed by atoms with van der Waals surface area (Å²) in [6.45, 7) is 8.05. The molecule has 0 saturated heterocycles. The molecule has 0 radical (unpaired) electrons. The summed E-state index contributed by atoms with van der Waals surface area (Å²) in [5.41, 5.74) is 0. The van der Waals surface area contributed by atoms with E-state index >= 15 is 0 Å². The summed E-state index contributed by atoms with van der Waals surface area (Å²) in [6, 6.07) is 7.94. The molecule has 0 bridgehead atoms. The quantitative estimate of drug-likeness (QED) is 0.396. The van der Waals surface area contributed by atoms with Crippen LogP contribution in [0.1, 0.15) is 23.6 Å². The normalized spacial score (nSPS) is 11.1. The molecule has 0 unspecified atom stereocenters. The average molecular weight is 330 g/mol. The monoisotopic (exact) mass is 330 g/mol. The van der Waals surface area contributed by atoms with Gasteiger partial charge in [-0.05, 0) is 38.1 Å². The van der Waals surface area contributed by atoms with Gasteiger partial charge in [0.2, 0.25) is 0 Å². The molecule has 0 saturated carbocycles. The molecule has 114 valence electrons. The highest BCUT2D eigenvalue weighted by atomic mass is 32.1. The number of hydrogen-bond acceptors (Lipinski definition) is 4. The van der Waals surface area contributed by atoms with Gasteiger partial charge in [0.05, 0.1) is 0 Å². The smallest absolute Gasteiger partial charge is 0.132 e. The molecule has 0 fully saturated rings. The maximum absolute atomic E-state index is 10.5. The third kappa shape index (κ3) is 2.14. The lowest BCUT2D eigenvalue weighted by Crippen LogP contribution is -1.77. The van der Waals surface area contributed by atoms with Crippen molar-refractivity contribution in [1.29, 1.82) is 0 Å². The van der Waals surface area contributed by atoms with Crippen LogP contribution < -0.4 is 0 Å². The maximum Gasteiger partial charge on any atom is 0.132 e. The predicted molar refractivity (Wildman–Crippen MR) is 98.9 cm³/mol. The molecule has 22 heavy (non-hydrogen) atoms. The number of aryl methyl sites for hydroxylation is 2. The van der Waals surface area contributed by atoms with Crippen molar-refractivity contribution in [2.45, 2.75) is 27.7 Å². The van der Waals surface area contributed by atoms with Gasteiger partial charge >= 0.3 is 0 Å². The number of rotatable bonds is 0. The SMILES string of the molecule is CC.Cc1cc2c(O)c3cc4sc(C)cc4c(O)c3cc2s1. The fourth-order valence-electron chi connectivity index (χ4n) is 2.75. The number of benzene rings is 2. The Kier molecular flexibility index (Phi) is 3.75. The second kappa shape index (κ2) is 5.45. The zero-order valence-electron chi connectivity index (χ0n) is 13.0. The van der Waals surface area contributed by atoms with Gasteiger partial charge in [0.1, 0.15) is 11.5 Å². The predicted octanol–water partition coefficient (Wildman–Crippen LogP) is 6.32. The Bertz CT molecular complexity index is 911. The molecular formula is C18H18O2S2. The van der Waals surface area contributed by atoms with Gasteiger partial charge in [-0.1, -0.05) is 13.8 Å². The van der Waals surface area contributed by atoms with Crippen molar-refractivity contribution >= 4 is 53.6 Å². The topological polar surface area (TPSA) is 40.5 Å². The summed E-state index contributed by atoms with van der Waals surface area (Å²) < 4.78 is 2.02. The Morgan fingerprint density at radius 3 is 1.36 bits per heavy atom. The fourth-order valence-corrected chi connectivity index (χ4v) is 4.68. The molecule has 4 aromatic rings. The van der Waals surface area contributed by atoms with Gasteiger partial charge in [-0.15, -0.1) is 22.7 Å². The Balaban J connectivity index is 0.000000693. The molecule has 0 amide bonds. The molecule has 4 rings (SSSR count). The van der Waals surface area contributed by atoms with E-state index in [0.717, 1.165) is 40.7 Å². The summed E-state index contributed by atoms with van der Waals surface area (Å²) in [5.74, 6) is 0.537. The number of thiophene rings is 2. The van der Waals surface area contributed by atoms with Crippen LogP contribution in [0.5, 0.6) is 11.5 Å². The Morgan fingerprint density at radius 2 is 1.00 bits per heavy atom. The lowest BCUT2D eigenvalue weighted by atomic mass is 10.0. The number of phenolic OH excluding ortho intramolecular Hbond substituents is 2. The highest BCUT2D eigenvalue weighted by Crippen LogP contribution is 2.45. The number of hydrogen-bond donors (Lipinski definition) is 2. The van der Waals surface area contributed by atoms with E-state index in [0.29, 0.717) is 0 Å². The molecule has 0 aliphatic heterocycles. The van der Waals surface area contributed by atoms with E-state index in [4.69, 9.17) is 0 Å². The van der Waals surface area contributed by atoms with Crippen LogP contribution in [0.25, 0.3) is 30.9 Å². The summed E-state index contributed by atoms with van der Waals surface area (Å²) in [6.07, 6.45) is 0. The molecule has 2 heterocycles. The minimum absolute atomic E-state index is 0.269. The minimum atomic E-state index is 0.269. The van der Waals surface area contributed by atoms with Crippen LogP contribution in [0.2, 0.25) is 0 Å². The number of aromatic hydroxyl groups is 2. The van der Waals surface area contributed by atoms with Crippen LogP contribution in [0.4, 0.5) is 0 Å². The molecular weight excluding hydrogens is 312 g/mol. The van der Waals surface area contributed by atoms with Crippen molar-refractivity contribution < 1.29 is 10.2 Å². The van der Waals surface area contributed by atoms with Gasteiger partial charge < -0.3 is 10.2 Å². The molecule has 4 heteroatoms. The van der Waals surface area contributed by atoms with Crippen molar-refractivity contribution in [2.75, 3.05) is 0 Å². The summed E-state index contributed by atoms with van der Waals surface area (Å²) in [7, 11) is 0. The van der Waals surface area contributed by atoms with E-state index in [1.165, 1.54) is 0 Å². The largest absolute Gasteiger partial charge is 0.507 e. The van der Waals surface area contributed by atoms with Gasteiger partial charge in [0.25, 0.3) is 0 Å². The molecule has 0 aliphatic carbocycles. The van der Waals surface area contributed by atoms with Gasteiger partial charge in [-0.25, -0.2) is 0 Å². The van der Waals surface area contributed by atoms with E-state index in [9.17, 15) is 10.2 Å². The van der Waals surface area contributed by atoms with Crippen LogP contribution in [0.15, 0.2) is 24.3 Å². The minimum Gasteiger partial charge on any atom is -0.507 e. The molecule has 2 aromatic carbocycles. The number of phenols is 2. The first-order valence-corrected chi connectivity index (χ1v) is 8.96. The van der Waals surface area contributed by atoms with Gasteiger partial charge in [-0.3, -0.25) is 0 Å². The second-order valence-electron chi connectivity index (χ2n) is 5.08. The molecule has 2 aromatic heterocycles. The van der Waals surface area contributed by atoms with Crippen LogP contribution in [-0.4, -0.2) is 10.2 Å². The van der Waals surface area contributed by atoms with Crippen LogP contribution in [-0.2, 0) is 0 Å². The molecule has 0 aliphatic rings. The highest BCUT2D eigenvalue weighted by molar-refractivity contribution is 7.19. The van der Waals surface area contributed by atoms with Crippen LogP contribution in [0.3, 0.4) is 0 Å². The Morgan fingerprint density at radius 1 is 0.636 bits per heavy atom. The van der Waals surface area contributed by atoms with E-state index in [-0.39, 0.29) is 11.5 Å². The zero-order valence-corrected chi connectivity index (χ0v) is 14.7. The molecule has 0 spiro atoms. The molecule has 2 nitrogen and oxygen atoms in total. The third-order valence-electron chi connectivity index (χ3n) is 3.63. The van der Waals surface area contributed by atoms with Crippen molar-refractivity contribution in [3.05, 3.63) is 34.0 Å². The van der Waals surface area contributed by atoms with Crippen molar-refractivity contribution in [1.82, 2.24) is 0 Å². The van der Waals surface area contributed by atoms with E-state index in [1.54, 1.807) is 22.7 Å². The maximum atomic E-state index is 10.5. The summed E-state index contributed by atoms with van der Waals surface area (Å²) >= 11 is 3.26. The lowest BCUT2D eigenvalue weighted by Gasteiger charge is -2.06. The number of fused-ring (bicyclic) bond motifs is 3. The molecule has 0 atom stereocenters. The Labute approximate surface area is 137 Å².